The zero-order valence-electron chi connectivity index (χ0n) is 19.5. The van der Waals surface area contributed by atoms with E-state index in [-0.39, 0.29) is 18.3 Å². The van der Waals surface area contributed by atoms with Crippen LogP contribution in [0.25, 0.3) is 22.4 Å². The number of carbonyl (C=O) groups excluding carboxylic acids is 2. The number of primary amides is 1. The van der Waals surface area contributed by atoms with Crippen molar-refractivity contribution in [1.29, 1.82) is 0 Å². The first kappa shape index (κ1) is 23.9. The van der Waals surface area contributed by atoms with Gasteiger partial charge in [-0.3, -0.25) is 9.59 Å². The molecule has 1 aliphatic heterocycles. The molecule has 1 saturated heterocycles. The number of anilines is 2. The first-order valence-corrected chi connectivity index (χ1v) is 10.9. The van der Waals surface area contributed by atoms with Gasteiger partial charge >= 0.3 is 0 Å². The summed E-state index contributed by atoms with van der Waals surface area (Å²) in [6.45, 7) is 1.70. The maximum Gasteiger partial charge on any atom is 0.240 e. The summed E-state index contributed by atoms with van der Waals surface area (Å²) in [5.41, 5.74) is 19.1. The number of benzene rings is 1. The summed E-state index contributed by atoms with van der Waals surface area (Å²) in [6.07, 6.45) is 1.41. The average molecular weight is 482 g/mol. The van der Waals surface area contributed by atoms with Crippen molar-refractivity contribution in [1.82, 2.24) is 24.8 Å². The Morgan fingerprint density at radius 2 is 1.77 bits per heavy atom. The Labute approximate surface area is 201 Å². The van der Waals surface area contributed by atoms with Gasteiger partial charge in [0.25, 0.3) is 0 Å². The van der Waals surface area contributed by atoms with Crippen LogP contribution in [0.2, 0.25) is 0 Å². The fourth-order valence-electron chi connectivity index (χ4n) is 3.94. The lowest BCUT2D eigenvalue weighted by Gasteiger charge is -2.36. The van der Waals surface area contributed by atoms with Crippen molar-refractivity contribution >= 4 is 34.7 Å². The number of nitrogen functional groups attached to an aromatic ring is 1. The van der Waals surface area contributed by atoms with Gasteiger partial charge in [-0.1, -0.05) is 0 Å². The third kappa shape index (κ3) is 4.99. The highest BCUT2D eigenvalue weighted by molar-refractivity contribution is 5.88. The van der Waals surface area contributed by atoms with Gasteiger partial charge in [-0.25, -0.2) is 9.97 Å². The molecule has 3 aromatic rings. The second-order valence-electron chi connectivity index (χ2n) is 7.99. The number of hydrogen-bond donors (Lipinski definition) is 3. The maximum atomic E-state index is 12.5. The lowest BCUT2D eigenvalue weighted by molar-refractivity contribution is -0.134. The average Bonchev–Trinajstić information content (AvgIpc) is 2.86. The van der Waals surface area contributed by atoms with E-state index >= 15 is 0 Å². The number of methoxy groups -OCH3 is 2. The lowest BCUT2D eigenvalue weighted by Crippen LogP contribution is -2.54. The van der Waals surface area contributed by atoms with E-state index in [1.165, 1.54) is 0 Å². The lowest BCUT2D eigenvalue weighted by atomic mass is 10.1. The quantitative estimate of drug-likeness (QED) is 0.396. The molecule has 0 spiro atoms. The van der Waals surface area contributed by atoms with Crippen LogP contribution in [0.1, 0.15) is 6.42 Å². The standard InChI is InChI=1S/C22H27N9O4/c1-34-15-4-3-12(9-16(15)35-2)14-11-26-19-18(27-14)20(29-22(25)28-19)30-5-7-31(8-6-30)21(33)13(23)10-17(24)32/h3-4,9,11,13H,5-8,10,23H2,1-2H3,(H2,24,32)(H2,25,26,28,29). The minimum Gasteiger partial charge on any atom is -0.493 e. The number of hydrogen-bond acceptors (Lipinski definition) is 11. The van der Waals surface area contributed by atoms with Crippen LogP contribution in [0, 0.1) is 0 Å². The Morgan fingerprint density at radius 1 is 1.06 bits per heavy atom. The molecule has 184 valence electrons. The number of carbonyl (C=O) groups is 2. The van der Waals surface area contributed by atoms with Gasteiger partial charge < -0.3 is 36.5 Å². The predicted molar refractivity (Wildman–Crippen MR) is 129 cm³/mol. The monoisotopic (exact) mass is 481 g/mol. The molecule has 2 amide bonds. The number of aromatic nitrogens is 4. The van der Waals surface area contributed by atoms with Gasteiger partial charge in [-0.05, 0) is 18.2 Å². The topological polar surface area (TPSA) is 189 Å². The van der Waals surface area contributed by atoms with Crippen LogP contribution in [-0.2, 0) is 9.59 Å². The molecule has 0 radical (unpaired) electrons. The normalized spacial score (nSPS) is 14.6. The summed E-state index contributed by atoms with van der Waals surface area (Å²) in [6, 6.07) is 4.50. The summed E-state index contributed by atoms with van der Waals surface area (Å²) in [7, 11) is 3.13. The molecule has 3 heterocycles. The summed E-state index contributed by atoms with van der Waals surface area (Å²) in [4.78, 5) is 45.1. The van der Waals surface area contributed by atoms with Gasteiger partial charge in [0.05, 0.1) is 38.6 Å². The molecule has 1 aliphatic rings. The number of nitrogens with zero attached hydrogens (tertiary/aromatic N) is 6. The van der Waals surface area contributed by atoms with Crippen molar-refractivity contribution in [3.63, 3.8) is 0 Å². The summed E-state index contributed by atoms with van der Waals surface area (Å²) in [5.74, 6) is 0.835. The van der Waals surface area contributed by atoms with Crippen molar-refractivity contribution < 1.29 is 19.1 Å². The Balaban J connectivity index is 1.61. The molecule has 1 atom stereocenters. The molecule has 1 fully saturated rings. The molecule has 4 rings (SSSR count). The number of fused-ring (bicyclic) bond motifs is 1. The van der Waals surface area contributed by atoms with E-state index in [0.29, 0.717) is 60.4 Å². The van der Waals surface area contributed by atoms with E-state index in [4.69, 9.17) is 31.7 Å². The summed E-state index contributed by atoms with van der Waals surface area (Å²) < 4.78 is 10.7. The second-order valence-corrected chi connectivity index (χ2v) is 7.99. The fraction of sp³-hybridized carbons (Fsp3) is 0.364. The van der Waals surface area contributed by atoms with Crippen molar-refractivity contribution in [2.75, 3.05) is 51.0 Å². The Bertz CT molecular complexity index is 1260. The van der Waals surface area contributed by atoms with Crippen LogP contribution in [0.4, 0.5) is 11.8 Å². The van der Waals surface area contributed by atoms with Crippen molar-refractivity contribution in [3.8, 4) is 22.8 Å². The summed E-state index contributed by atoms with van der Waals surface area (Å²) >= 11 is 0. The molecule has 13 nitrogen and oxygen atoms in total. The molecule has 6 N–H and O–H groups in total. The molecular formula is C22H27N9O4. The number of amides is 2. The highest BCUT2D eigenvalue weighted by Crippen LogP contribution is 2.32. The molecule has 2 aromatic heterocycles. The van der Waals surface area contributed by atoms with Crippen LogP contribution in [-0.4, -0.2) is 83.1 Å². The third-order valence-corrected chi connectivity index (χ3v) is 5.71. The SMILES string of the molecule is COc1ccc(-c2cnc3nc(N)nc(N4CCN(C(=O)C(N)CC(N)=O)CC4)c3n2)cc1OC. The zero-order valence-corrected chi connectivity index (χ0v) is 19.5. The van der Waals surface area contributed by atoms with Gasteiger partial charge in [0, 0.05) is 31.7 Å². The van der Waals surface area contributed by atoms with E-state index in [0.717, 1.165) is 5.56 Å². The van der Waals surface area contributed by atoms with Crippen molar-refractivity contribution in [3.05, 3.63) is 24.4 Å². The minimum atomic E-state index is -0.954. The van der Waals surface area contributed by atoms with Crippen LogP contribution in [0.15, 0.2) is 24.4 Å². The fourth-order valence-corrected chi connectivity index (χ4v) is 3.94. The predicted octanol–water partition coefficient (Wildman–Crippen LogP) is -0.462. The Hall–Kier alpha value is -4.26. The minimum absolute atomic E-state index is 0.0719. The van der Waals surface area contributed by atoms with Gasteiger partial charge in [0.2, 0.25) is 17.8 Å². The molecule has 0 saturated carbocycles. The first-order chi connectivity index (χ1) is 16.8. The molecular weight excluding hydrogens is 454 g/mol. The van der Waals surface area contributed by atoms with Crippen molar-refractivity contribution in [2.24, 2.45) is 11.5 Å². The van der Waals surface area contributed by atoms with E-state index in [2.05, 4.69) is 15.0 Å². The zero-order chi connectivity index (χ0) is 25.1. The molecule has 0 bridgehead atoms. The second kappa shape index (κ2) is 9.93. The van der Waals surface area contributed by atoms with Crippen LogP contribution < -0.4 is 31.6 Å². The number of piperazine rings is 1. The van der Waals surface area contributed by atoms with Gasteiger partial charge in [0.1, 0.15) is 0 Å². The van der Waals surface area contributed by atoms with E-state index in [1.807, 2.05) is 17.0 Å². The molecule has 1 unspecified atom stereocenters. The van der Waals surface area contributed by atoms with Gasteiger partial charge in [0.15, 0.2) is 28.5 Å². The molecule has 35 heavy (non-hydrogen) atoms. The van der Waals surface area contributed by atoms with E-state index < -0.39 is 11.9 Å². The van der Waals surface area contributed by atoms with Crippen LogP contribution >= 0.6 is 0 Å². The highest BCUT2D eigenvalue weighted by Gasteiger charge is 2.28. The number of nitrogens with two attached hydrogens (primary N) is 3. The maximum absolute atomic E-state index is 12.5. The first-order valence-electron chi connectivity index (χ1n) is 10.9. The molecule has 13 heteroatoms. The number of ether oxygens (including phenoxy) is 2. The highest BCUT2D eigenvalue weighted by atomic mass is 16.5. The number of rotatable bonds is 7. The molecule has 0 aliphatic carbocycles. The van der Waals surface area contributed by atoms with E-state index in [9.17, 15) is 9.59 Å². The van der Waals surface area contributed by atoms with Crippen molar-refractivity contribution in [2.45, 2.75) is 12.5 Å². The van der Waals surface area contributed by atoms with Gasteiger partial charge in [-0.2, -0.15) is 9.97 Å². The van der Waals surface area contributed by atoms with Gasteiger partial charge in [-0.15, -0.1) is 0 Å². The Kier molecular flexibility index (Phi) is 6.78. The molecule has 1 aromatic carbocycles. The van der Waals surface area contributed by atoms with Crippen LogP contribution in [0.5, 0.6) is 11.5 Å². The third-order valence-electron chi connectivity index (χ3n) is 5.71. The smallest absolute Gasteiger partial charge is 0.240 e. The van der Waals surface area contributed by atoms with Crippen LogP contribution in [0.3, 0.4) is 0 Å². The Morgan fingerprint density at radius 3 is 2.43 bits per heavy atom. The largest absolute Gasteiger partial charge is 0.493 e. The summed E-state index contributed by atoms with van der Waals surface area (Å²) in [5, 5.41) is 0. The van der Waals surface area contributed by atoms with E-state index in [1.54, 1.807) is 31.4 Å².